The average molecular weight is 391 g/mol. The summed E-state index contributed by atoms with van der Waals surface area (Å²) in [6, 6.07) is 0. The van der Waals surface area contributed by atoms with Gasteiger partial charge in [-0.25, -0.2) is 0 Å². The number of hydrogen-bond donors (Lipinski definition) is 1. The zero-order valence-electron chi connectivity index (χ0n) is 15.3. The number of hydrogen-bond acceptors (Lipinski definition) is 9. The Bertz CT molecular complexity index is 526. The summed E-state index contributed by atoms with van der Waals surface area (Å²) in [4.78, 5) is 34.3. The van der Waals surface area contributed by atoms with E-state index in [1.807, 2.05) is 6.92 Å². The van der Waals surface area contributed by atoms with Crippen LogP contribution in [0.25, 0.3) is 0 Å². The Labute approximate surface area is 157 Å². The van der Waals surface area contributed by atoms with Crippen molar-refractivity contribution in [3.63, 3.8) is 0 Å². The van der Waals surface area contributed by atoms with Crippen molar-refractivity contribution in [2.75, 3.05) is 13.2 Å². The molecule has 1 heterocycles. The van der Waals surface area contributed by atoms with Crippen molar-refractivity contribution in [1.29, 1.82) is 0 Å². The highest BCUT2D eigenvalue weighted by atomic mass is 32.1. The van der Waals surface area contributed by atoms with Gasteiger partial charge >= 0.3 is 17.9 Å². The molecule has 1 N–H and O–H groups in total. The number of rotatable bonds is 7. The zero-order chi connectivity index (χ0) is 19.7. The summed E-state index contributed by atoms with van der Waals surface area (Å²) in [5, 5.41) is 2.85. The van der Waals surface area contributed by atoms with Crippen LogP contribution in [0.15, 0.2) is 0 Å². The van der Waals surface area contributed by atoms with Gasteiger partial charge in [0.25, 0.3) is 5.17 Å². The molecule has 1 aliphatic rings. The molecule has 9 nitrogen and oxygen atoms in total. The topological polar surface area (TPSA) is 109 Å². The lowest BCUT2D eigenvalue weighted by Crippen LogP contribution is -2.62. The minimum absolute atomic E-state index is 0.0631. The second-order valence-corrected chi connectivity index (χ2v) is 6.05. The molecule has 26 heavy (non-hydrogen) atoms. The molecular weight excluding hydrogens is 366 g/mol. The Morgan fingerprint density at radius 3 is 2.15 bits per heavy atom. The van der Waals surface area contributed by atoms with E-state index in [9.17, 15) is 14.4 Å². The van der Waals surface area contributed by atoms with E-state index in [2.05, 4.69) is 5.32 Å². The monoisotopic (exact) mass is 391 g/mol. The van der Waals surface area contributed by atoms with Gasteiger partial charge in [-0.05, 0) is 18.6 Å². The fourth-order valence-corrected chi connectivity index (χ4v) is 2.53. The van der Waals surface area contributed by atoms with Crippen molar-refractivity contribution in [3.8, 4) is 0 Å². The molecule has 1 aliphatic heterocycles. The molecule has 0 bridgehead atoms. The summed E-state index contributed by atoms with van der Waals surface area (Å²) >= 11 is 5.09. The molecule has 0 spiro atoms. The highest BCUT2D eigenvalue weighted by Gasteiger charge is 2.47. The Morgan fingerprint density at radius 2 is 1.62 bits per heavy atom. The van der Waals surface area contributed by atoms with Gasteiger partial charge in [0.2, 0.25) is 0 Å². The molecule has 4 atom stereocenters. The molecule has 0 amide bonds. The first-order valence-corrected chi connectivity index (χ1v) is 8.72. The molecular formula is C16H25NO8S. The third-order valence-electron chi connectivity index (χ3n) is 3.34. The average Bonchev–Trinajstić information content (AvgIpc) is 2.52. The molecule has 148 valence electrons. The molecule has 1 rings (SSSR count). The number of unbranched alkanes of at least 4 members (excludes halogenated alkanes) is 1. The van der Waals surface area contributed by atoms with Crippen molar-refractivity contribution < 1.29 is 38.1 Å². The summed E-state index contributed by atoms with van der Waals surface area (Å²) in [6.45, 7) is 5.98. The summed E-state index contributed by atoms with van der Waals surface area (Å²) in [7, 11) is 0. The smallest absolute Gasteiger partial charge is 0.303 e. The maximum absolute atomic E-state index is 11.5. The van der Waals surface area contributed by atoms with E-state index in [1.165, 1.54) is 20.8 Å². The lowest BCUT2D eigenvalue weighted by atomic mass is 10.0. The van der Waals surface area contributed by atoms with Gasteiger partial charge < -0.3 is 29.0 Å². The van der Waals surface area contributed by atoms with E-state index < -0.39 is 42.4 Å². The predicted molar refractivity (Wildman–Crippen MR) is 93.0 cm³/mol. The van der Waals surface area contributed by atoms with Crippen LogP contribution in [-0.4, -0.2) is 60.8 Å². The van der Waals surface area contributed by atoms with E-state index in [-0.39, 0.29) is 11.8 Å². The summed E-state index contributed by atoms with van der Waals surface area (Å²) < 4.78 is 26.5. The van der Waals surface area contributed by atoms with Crippen LogP contribution in [-0.2, 0) is 38.1 Å². The standard InChI is InChI=1S/C16H25NO8S/c1-5-6-7-21-16(26)17-15-14(25-11(4)20)13(24-10(3)19)12(8-22-15)23-9(2)18/h12-15H,5-8H2,1-4H3,(H,17,26)/t12-,13+,14+,15+/m0/s1. The van der Waals surface area contributed by atoms with Crippen LogP contribution >= 0.6 is 12.2 Å². The van der Waals surface area contributed by atoms with Gasteiger partial charge in [0.15, 0.2) is 24.5 Å². The second-order valence-electron chi connectivity index (χ2n) is 5.68. The van der Waals surface area contributed by atoms with Gasteiger partial charge in [-0.2, -0.15) is 0 Å². The van der Waals surface area contributed by atoms with Gasteiger partial charge in [0.1, 0.15) is 0 Å². The third-order valence-corrected chi connectivity index (χ3v) is 3.58. The highest BCUT2D eigenvalue weighted by Crippen LogP contribution is 2.23. The first-order valence-electron chi connectivity index (χ1n) is 8.31. The summed E-state index contributed by atoms with van der Waals surface area (Å²) in [5.74, 6) is -1.82. The van der Waals surface area contributed by atoms with Crippen LogP contribution in [0.5, 0.6) is 0 Å². The fourth-order valence-electron chi connectivity index (χ4n) is 2.33. The van der Waals surface area contributed by atoms with Crippen LogP contribution in [0.2, 0.25) is 0 Å². The lowest BCUT2D eigenvalue weighted by Gasteiger charge is -2.40. The normalized spacial score (nSPS) is 24.9. The molecule has 1 saturated heterocycles. The minimum atomic E-state index is -1.08. The Morgan fingerprint density at radius 1 is 1.04 bits per heavy atom. The molecule has 0 unspecified atom stereocenters. The van der Waals surface area contributed by atoms with Gasteiger partial charge in [0, 0.05) is 20.8 Å². The van der Waals surface area contributed by atoms with Crippen LogP contribution in [0.1, 0.15) is 40.5 Å². The van der Waals surface area contributed by atoms with Crippen molar-refractivity contribution in [3.05, 3.63) is 0 Å². The largest absolute Gasteiger partial charge is 0.471 e. The van der Waals surface area contributed by atoms with E-state index in [1.54, 1.807) is 0 Å². The Kier molecular flexibility index (Phi) is 9.28. The molecule has 0 radical (unpaired) electrons. The van der Waals surface area contributed by atoms with Crippen molar-refractivity contribution in [1.82, 2.24) is 5.32 Å². The number of nitrogens with one attached hydrogen (secondary N) is 1. The first kappa shape index (κ1) is 22.1. The van der Waals surface area contributed by atoms with E-state index >= 15 is 0 Å². The van der Waals surface area contributed by atoms with Gasteiger partial charge in [0.05, 0.1) is 13.2 Å². The SMILES string of the molecule is CCCCOC(=S)N[C@@H]1OC[C@H](OC(C)=O)[C@@H](OC(C)=O)[C@H]1OC(C)=O. The van der Waals surface area contributed by atoms with Gasteiger partial charge in [-0.1, -0.05) is 13.3 Å². The van der Waals surface area contributed by atoms with Crippen molar-refractivity contribution >= 4 is 35.3 Å². The number of esters is 3. The number of ether oxygens (including phenoxy) is 5. The van der Waals surface area contributed by atoms with Gasteiger partial charge in [-0.15, -0.1) is 0 Å². The summed E-state index contributed by atoms with van der Waals surface area (Å²) in [5.41, 5.74) is 0. The fraction of sp³-hybridized carbons (Fsp3) is 0.750. The van der Waals surface area contributed by atoms with E-state index in [0.717, 1.165) is 12.8 Å². The molecule has 1 fully saturated rings. The zero-order valence-corrected chi connectivity index (χ0v) is 16.1. The molecule has 0 aromatic heterocycles. The van der Waals surface area contributed by atoms with Crippen LogP contribution in [0, 0.1) is 0 Å². The van der Waals surface area contributed by atoms with E-state index in [4.69, 9.17) is 35.9 Å². The van der Waals surface area contributed by atoms with Crippen LogP contribution in [0.4, 0.5) is 0 Å². The highest BCUT2D eigenvalue weighted by molar-refractivity contribution is 7.80. The molecule has 10 heteroatoms. The summed E-state index contributed by atoms with van der Waals surface area (Å²) in [6.07, 6.45) is -2.22. The quantitative estimate of drug-likeness (QED) is 0.290. The maximum Gasteiger partial charge on any atom is 0.303 e. The van der Waals surface area contributed by atoms with Crippen LogP contribution < -0.4 is 5.32 Å². The molecule has 0 aliphatic carbocycles. The number of carbonyl (C=O) groups excluding carboxylic acids is 3. The number of carbonyl (C=O) groups is 3. The predicted octanol–water partition coefficient (Wildman–Crippen LogP) is 0.829. The third kappa shape index (κ3) is 7.52. The van der Waals surface area contributed by atoms with E-state index in [0.29, 0.717) is 6.61 Å². The lowest BCUT2D eigenvalue weighted by molar-refractivity contribution is -0.228. The van der Waals surface area contributed by atoms with Crippen molar-refractivity contribution in [2.45, 2.75) is 65.1 Å². The number of thiocarbonyl (C=S) groups is 1. The van der Waals surface area contributed by atoms with Gasteiger partial charge in [-0.3, -0.25) is 14.4 Å². The second kappa shape index (κ2) is 10.9. The van der Waals surface area contributed by atoms with Crippen molar-refractivity contribution in [2.24, 2.45) is 0 Å². The van der Waals surface area contributed by atoms with Crippen LogP contribution in [0.3, 0.4) is 0 Å². The first-order chi connectivity index (χ1) is 12.2. The Balaban J connectivity index is 2.91. The molecule has 0 aromatic rings. The Hall–Kier alpha value is -1.94. The molecule has 0 saturated carbocycles. The molecule has 0 aromatic carbocycles. The minimum Gasteiger partial charge on any atom is -0.471 e. The maximum atomic E-state index is 11.5.